The molecule has 5 nitrogen and oxygen atoms in total. The second kappa shape index (κ2) is 7.53. The quantitative estimate of drug-likeness (QED) is 0.751. The van der Waals surface area contributed by atoms with Gasteiger partial charge in [0.15, 0.2) is 0 Å². The molecule has 1 aliphatic rings. The van der Waals surface area contributed by atoms with Crippen LogP contribution in [0.1, 0.15) is 30.6 Å². The van der Waals surface area contributed by atoms with Gasteiger partial charge in [0.1, 0.15) is 5.82 Å². The highest BCUT2D eigenvalue weighted by atomic mass is 16.2. The second-order valence-electron chi connectivity index (χ2n) is 7.09. The highest BCUT2D eigenvalue weighted by Gasteiger charge is 2.29. The molecule has 0 bridgehead atoms. The lowest BCUT2D eigenvalue weighted by Crippen LogP contribution is -2.38. The number of H-pyrrole nitrogens is 1. The van der Waals surface area contributed by atoms with Crippen molar-refractivity contribution in [2.45, 2.75) is 26.3 Å². The Hall–Kier alpha value is -2.66. The van der Waals surface area contributed by atoms with Crippen molar-refractivity contribution in [3.63, 3.8) is 0 Å². The second-order valence-corrected chi connectivity index (χ2v) is 7.09. The number of nitrogens with zero attached hydrogens (tertiary/aromatic N) is 3. The maximum atomic E-state index is 12.9. The first kappa shape index (κ1) is 17.7. The number of rotatable bonds is 5. The van der Waals surface area contributed by atoms with Crippen LogP contribution in [0.5, 0.6) is 0 Å². The minimum absolute atomic E-state index is 0.126. The number of amides is 1. The van der Waals surface area contributed by atoms with Gasteiger partial charge >= 0.3 is 0 Å². The third kappa shape index (κ3) is 3.47. The number of carbonyl (C=O) groups excluding carboxylic acids is 1. The number of carbonyl (C=O) groups is 1. The van der Waals surface area contributed by atoms with Gasteiger partial charge < -0.3 is 9.88 Å². The number of hydrogen-bond acceptors (Lipinski definition) is 3. The van der Waals surface area contributed by atoms with Gasteiger partial charge in [-0.25, -0.2) is 4.98 Å². The van der Waals surface area contributed by atoms with E-state index in [1.807, 2.05) is 53.4 Å². The van der Waals surface area contributed by atoms with E-state index in [2.05, 4.69) is 28.7 Å². The molecule has 4 rings (SSSR count). The molecule has 1 N–H and O–H groups in total. The fraction of sp³-hybridized carbons (Fsp3) is 0.364. The number of aromatic nitrogens is 2. The summed E-state index contributed by atoms with van der Waals surface area (Å²) in [5, 5.41) is 0. The molecule has 0 saturated carbocycles. The highest BCUT2D eigenvalue weighted by molar-refractivity contribution is 5.95. The van der Waals surface area contributed by atoms with Gasteiger partial charge in [0.25, 0.3) is 5.91 Å². The van der Waals surface area contributed by atoms with Gasteiger partial charge in [0, 0.05) is 30.3 Å². The van der Waals surface area contributed by atoms with Crippen LogP contribution in [0, 0.1) is 0 Å². The number of hydrogen-bond donors (Lipinski definition) is 1. The van der Waals surface area contributed by atoms with Crippen LogP contribution in [-0.4, -0.2) is 57.9 Å². The van der Waals surface area contributed by atoms with Gasteiger partial charge in [-0.3, -0.25) is 9.69 Å². The molecule has 1 saturated heterocycles. The summed E-state index contributed by atoms with van der Waals surface area (Å²) in [7, 11) is 0. The Morgan fingerprint density at radius 2 is 1.89 bits per heavy atom. The zero-order chi connectivity index (χ0) is 18.8. The minimum Gasteiger partial charge on any atom is -0.338 e. The predicted octanol–water partition coefficient (Wildman–Crippen LogP) is 3.79. The van der Waals surface area contributed by atoms with Crippen molar-refractivity contribution in [3.05, 3.63) is 54.1 Å². The number of para-hydroxylation sites is 2. The maximum Gasteiger partial charge on any atom is 0.253 e. The SMILES string of the molecule is CCN(CC)[C@H]1CCN(C(=O)c2ccc(-c3nc4ccccc4[nH]3)cc2)C1. The zero-order valence-electron chi connectivity index (χ0n) is 16.0. The van der Waals surface area contributed by atoms with Crippen molar-refractivity contribution < 1.29 is 4.79 Å². The lowest BCUT2D eigenvalue weighted by atomic mass is 10.1. The normalized spacial score (nSPS) is 17.1. The summed E-state index contributed by atoms with van der Waals surface area (Å²) in [6.45, 7) is 8.11. The summed E-state index contributed by atoms with van der Waals surface area (Å²) < 4.78 is 0. The Balaban J connectivity index is 1.48. The Labute approximate surface area is 160 Å². The zero-order valence-corrected chi connectivity index (χ0v) is 16.0. The lowest BCUT2D eigenvalue weighted by molar-refractivity contribution is 0.0778. The van der Waals surface area contributed by atoms with Crippen molar-refractivity contribution in [2.75, 3.05) is 26.2 Å². The number of nitrogens with one attached hydrogen (secondary N) is 1. The average molecular weight is 362 g/mol. The fourth-order valence-corrected chi connectivity index (χ4v) is 4.01. The predicted molar refractivity (Wildman–Crippen MR) is 109 cm³/mol. The molecule has 1 aliphatic heterocycles. The molecule has 0 unspecified atom stereocenters. The number of imidazole rings is 1. The van der Waals surface area contributed by atoms with Gasteiger partial charge in [-0.2, -0.15) is 0 Å². The third-order valence-corrected chi connectivity index (χ3v) is 5.57. The van der Waals surface area contributed by atoms with Crippen LogP contribution in [0.3, 0.4) is 0 Å². The molecule has 1 aromatic heterocycles. The Morgan fingerprint density at radius 3 is 2.59 bits per heavy atom. The number of aromatic amines is 1. The van der Waals surface area contributed by atoms with Crippen molar-refractivity contribution >= 4 is 16.9 Å². The summed E-state index contributed by atoms with van der Waals surface area (Å²) >= 11 is 0. The number of likely N-dealkylation sites (tertiary alicyclic amines) is 1. The average Bonchev–Trinajstić information content (AvgIpc) is 3.36. The summed E-state index contributed by atoms with van der Waals surface area (Å²) in [4.78, 5) is 25.3. The molecule has 2 aromatic carbocycles. The first-order valence-electron chi connectivity index (χ1n) is 9.78. The van der Waals surface area contributed by atoms with E-state index in [-0.39, 0.29) is 5.91 Å². The van der Waals surface area contributed by atoms with Crippen LogP contribution in [0.4, 0.5) is 0 Å². The molecule has 0 spiro atoms. The van der Waals surface area contributed by atoms with E-state index in [0.717, 1.165) is 60.6 Å². The van der Waals surface area contributed by atoms with Gasteiger partial charge in [-0.1, -0.05) is 38.1 Å². The van der Waals surface area contributed by atoms with E-state index in [4.69, 9.17) is 0 Å². The van der Waals surface area contributed by atoms with E-state index in [1.54, 1.807) is 0 Å². The molecule has 140 valence electrons. The Bertz CT molecular complexity index is 894. The standard InChI is InChI=1S/C22H26N4O/c1-3-25(4-2)18-13-14-26(15-18)22(27)17-11-9-16(10-12-17)21-23-19-7-5-6-8-20(19)24-21/h5-12,18H,3-4,13-15H2,1-2H3,(H,23,24)/t18-/m0/s1. The first-order valence-corrected chi connectivity index (χ1v) is 9.78. The summed E-state index contributed by atoms with van der Waals surface area (Å²) in [6, 6.07) is 16.2. The van der Waals surface area contributed by atoms with Crippen LogP contribution in [-0.2, 0) is 0 Å². The number of likely N-dealkylation sites (N-methyl/N-ethyl adjacent to an activating group) is 1. The van der Waals surface area contributed by atoms with E-state index in [1.165, 1.54) is 0 Å². The van der Waals surface area contributed by atoms with Crippen molar-refractivity contribution in [3.8, 4) is 11.4 Å². The lowest BCUT2D eigenvalue weighted by Gasteiger charge is -2.26. The van der Waals surface area contributed by atoms with Crippen molar-refractivity contribution in [1.29, 1.82) is 0 Å². The Kier molecular flexibility index (Phi) is 4.94. The van der Waals surface area contributed by atoms with Crippen LogP contribution < -0.4 is 0 Å². The Morgan fingerprint density at radius 1 is 1.15 bits per heavy atom. The molecule has 3 aromatic rings. The molecule has 1 amide bonds. The van der Waals surface area contributed by atoms with Crippen molar-refractivity contribution in [1.82, 2.24) is 19.8 Å². The summed E-state index contributed by atoms with van der Waals surface area (Å²) in [6.07, 6.45) is 1.06. The molecule has 5 heteroatoms. The van der Waals surface area contributed by atoms with Crippen LogP contribution in [0.15, 0.2) is 48.5 Å². The van der Waals surface area contributed by atoms with Gasteiger partial charge in [-0.15, -0.1) is 0 Å². The monoisotopic (exact) mass is 362 g/mol. The molecule has 27 heavy (non-hydrogen) atoms. The van der Waals surface area contributed by atoms with E-state index >= 15 is 0 Å². The van der Waals surface area contributed by atoms with Crippen LogP contribution in [0.2, 0.25) is 0 Å². The van der Waals surface area contributed by atoms with Gasteiger partial charge in [0.2, 0.25) is 0 Å². The first-order chi connectivity index (χ1) is 13.2. The fourth-order valence-electron chi connectivity index (χ4n) is 4.01. The van der Waals surface area contributed by atoms with E-state index in [9.17, 15) is 4.79 Å². The van der Waals surface area contributed by atoms with Crippen LogP contribution >= 0.6 is 0 Å². The molecule has 1 fully saturated rings. The van der Waals surface area contributed by atoms with E-state index in [0.29, 0.717) is 6.04 Å². The van der Waals surface area contributed by atoms with Crippen LogP contribution in [0.25, 0.3) is 22.4 Å². The minimum atomic E-state index is 0.126. The number of fused-ring (bicyclic) bond motifs is 1. The molecular formula is C22H26N4O. The van der Waals surface area contributed by atoms with Gasteiger partial charge in [0.05, 0.1) is 11.0 Å². The topological polar surface area (TPSA) is 52.2 Å². The number of benzene rings is 2. The smallest absolute Gasteiger partial charge is 0.253 e. The molecule has 2 heterocycles. The third-order valence-electron chi connectivity index (χ3n) is 5.57. The summed E-state index contributed by atoms with van der Waals surface area (Å²) in [5.74, 6) is 0.957. The largest absolute Gasteiger partial charge is 0.338 e. The highest BCUT2D eigenvalue weighted by Crippen LogP contribution is 2.22. The van der Waals surface area contributed by atoms with E-state index < -0.39 is 0 Å². The maximum absolute atomic E-state index is 12.9. The van der Waals surface area contributed by atoms with Gasteiger partial charge in [-0.05, 0) is 43.8 Å². The summed E-state index contributed by atoms with van der Waals surface area (Å²) in [5.41, 5.74) is 3.71. The van der Waals surface area contributed by atoms with Crippen molar-refractivity contribution in [2.24, 2.45) is 0 Å². The molecule has 1 atom stereocenters. The molecule has 0 aliphatic carbocycles. The molecule has 0 radical (unpaired) electrons. The molecular weight excluding hydrogens is 336 g/mol.